The van der Waals surface area contributed by atoms with Crippen LogP contribution in [0.1, 0.15) is 29.4 Å². The number of hydrogen-bond acceptors (Lipinski definition) is 3. The first kappa shape index (κ1) is 12.7. The largest absolute Gasteiger partial charge is 0.440 e. The van der Waals surface area contributed by atoms with Gasteiger partial charge in [0.25, 0.3) is 0 Å². The maximum atomic E-state index is 6.04. The lowest BCUT2D eigenvalue weighted by Gasteiger charge is -2.21. The Morgan fingerprint density at radius 2 is 2.00 bits per heavy atom. The van der Waals surface area contributed by atoms with Crippen LogP contribution in [-0.2, 0) is 12.8 Å². The Labute approximate surface area is 127 Å². The van der Waals surface area contributed by atoms with E-state index in [9.17, 15) is 0 Å². The van der Waals surface area contributed by atoms with Crippen molar-refractivity contribution in [3.63, 3.8) is 0 Å². The number of benzene rings is 2. The van der Waals surface area contributed by atoms with Gasteiger partial charge in [0, 0.05) is 12.0 Å². The molecule has 21 heavy (non-hydrogen) atoms. The van der Waals surface area contributed by atoms with Crippen LogP contribution in [0.4, 0.5) is 5.69 Å². The number of nitrogen functional groups attached to an aromatic ring is 1. The number of oxazole rings is 1. The third-order valence-corrected chi connectivity index (χ3v) is 4.55. The van der Waals surface area contributed by atoms with E-state index in [1.165, 1.54) is 11.1 Å². The molecule has 4 rings (SSSR count). The zero-order valence-electron chi connectivity index (χ0n) is 11.5. The first-order valence-electron chi connectivity index (χ1n) is 7.13. The van der Waals surface area contributed by atoms with Crippen LogP contribution in [0.2, 0.25) is 5.02 Å². The van der Waals surface area contributed by atoms with Crippen LogP contribution in [0.25, 0.3) is 11.1 Å². The molecule has 3 aromatic rings. The Morgan fingerprint density at radius 1 is 1.19 bits per heavy atom. The van der Waals surface area contributed by atoms with E-state index in [0.717, 1.165) is 30.7 Å². The second kappa shape index (κ2) is 4.78. The van der Waals surface area contributed by atoms with Gasteiger partial charge in [-0.05, 0) is 36.5 Å². The lowest BCUT2D eigenvalue weighted by molar-refractivity contribution is 0.438. The lowest BCUT2D eigenvalue weighted by Crippen LogP contribution is -2.12. The van der Waals surface area contributed by atoms with E-state index in [-0.39, 0.29) is 0 Å². The normalized spacial score (nSPS) is 17.9. The molecule has 0 saturated heterocycles. The molecule has 1 heterocycles. The Bertz CT molecular complexity index is 786. The summed E-state index contributed by atoms with van der Waals surface area (Å²) in [6.07, 6.45) is 3.11. The van der Waals surface area contributed by atoms with E-state index >= 15 is 0 Å². The van der Waals surface area contributed by atoms with Crippen LogP contribution in [-0.4, -0.2) is 4.98 Å². The third-order valence-electron chi connectivity index (χ3n) is 4.22. The highest BCUT2D eigenvalue weighted by atomic mass is 35.5. The molecule has 1 atom stereocenters. The number of nitrogens with zero attached hydrogens (tertiary/aromatic N) is 1. The molecule has 2 N–H and O–H groups in total. The minimum absolute atomic E-state index is 0.326. The molecule has 4 heteroatoms. The van der Waals surface area contributed by atoms with Crippen molar-refractivity contribution >= 4 is 28.4 Å². The fourth-order valence-corrected chi connectivity index (χ4v) is 3.22. The molecule has 0 amide bonds. The summed E-state index contributed by atoms with van der Waals surface area (Å²) in [5, 5.41) is 0.524. The average Bonchev–Trinajstić information content (AvgIpc) is 2.90. The number of anilines is 1. The van der Waals surface area contributed by atoms with Gasteiger partial charge in [-0.25, -0.2) is 4.98 Å². The van der Waals surface area contributed by atoms with Gasteiger partial charge in [0.2, 0.25) is 0 Å². The molecule has 3 nitrogen and oxygen atoms in total. The summed E-state index contributed by atoms with van der Waals surface area (Å²) in [6, 6.07) is 12.1. The number of hydrogen-bond donors (Lipinski definition) is 1. The molecule has 106 valence electrons. The van der Waals surface area contributed by atoms with Crippen molar-refractivity contribution < 1.29 is 4.42 Å². The molecular formula is C17H15ClN2O. The van der Waals surface area contributed by atoms with Crippen molar-refractivity contribution in [2.75, 3.05) is 5.73 Å². The fourth-order valence-electron chi connectivity index (χ4n) is 3.07. The van der Waals surface area contributed by atoms with Crippen LogP contribution in [0.5, 0.6) is 0 Å². The molecule has 0 saturated carbocycles. The Hall–Kier alpha value is -2.00. The number of halogens is 1. The molecule has 1 aliphatic rings. The molecule has 0 spiro atoms. The van der Waals surface area contributed by atoms with Crippen LogP contribution in [0, 0.1) is 0 Å². The summed E-state index contributed by atoms with van der Waals surface area (Å²) in [5.74, 6) is 1.12. The van der Waals surface area contributed by atoms with E-state index in [0.29, 0.717) is 22.2 Å². The maximum absolute atomic E-state index is 6.04. The van der Waals surface area contributed by atoms with Crippen molar-refractivity contribution in [2.45, 2.75) is 25.2 Å². The van der Waals surface area contributed by atoms with Gasteiger partial charge in [0.1, 0.15) is 5.52 Å². The number of aromatic nitrogens is 1. The summed E-state index contributed by atoms with van der Waals surface area (Å²) in [5.41, 5.74) is 10.7. The van der Waals surface area contributed by atoms with Gasteiger partial charge in [-0.3, -0.25) is 0 Å². The van der Waals surface area contributed by atoms with E-state index in [4.69, 9.17) is 21.8 Å². The van der Waals surface area contributed by atoms with Crippen molar-refractivity contribution in [3.05, 3.63) is 58.4 Å². The summed E-state index contributed by atoms with van der Waals surface area (Å²) >= 11 is 6.04. The minimum atomic E-state index is 0.326. The number of nitrogens with two attached hydrogens (primary N) is 1. The molecular weight excluding hydrogens is 284 g/mol. The number of fused-ring (bicyclic) bond motifs is 2. The molecule has 1 unspecified atom stereocenters. The van der Waals surface area contributed by atoms with E-state index < -0.39 is 0 Å². The van der Waals surface area contributed by atoms with E-state index in [2.05, 4.69) is 29.2 Å². The zero-order valence-corrected chi connectivity index (χ0v) is 12.2. The van der Waals surface area contributed by atoms with Crippen molar-refractivity contribution in [1.29, 1.82) is 0 Å². The van der Waals surface area contributed by atoms with Crippen LogP contribution in [0.3, 0.4) is 0 Å². The molecule has 0 fully saturated rings. The second-order valence-corrected chi connectivity index (χ2v) is 6.01. The smallest absolute Gasteiger partial charge is 0.198 e. The molecule has 2 aromatic carbocycles. The molecule has 0 bridgehead atoms. The maximum Gasteiger partial charge on any atom is 0.198 e. The van der Waals surface area contributed by atoms with Crippen LogP contribution >= 0.6 is 11.6 Å². The van der Waals surface area contributed by atoms with Gasteiger partial charge in [0.05, 0.1) is 10.7 Å². The highest BCUT2D eigenvalue weighted by molar-refractivity contribution is 6.33. The SMILES string of the molecule is Nc1cc2oc(C3CCc4ccccc4C3)nc2cc1Cl. The van der Waals surface area contributed by atoms with E-state index in [1.807, 2.05) is 0 Å². The predicted octanol–water partition coefficient (Wildman–Crippen LogP) is 4.34. The second-order valence-electron chi connectivity index (χ2n) is 5.60. The standard InChI is InChI=1S/C17H15ClN2O/c18-13-8-15-16(9-14(13)19)21-17(20-15)12-6-5-10-3-1-2-4-11(10)7-12/h1-4,8-9,12H,5-7,19H2. The van der Waals surface area contributed by atoms with Crippen LogP contribution in [0.15, 0.2) is 40.8 Å². The monoisotopic (exact) mass is 298 g/mol. The first-order chi connectivity index (χ1) is 10.2. The summed E-state index contributed by atoms with van der Waals surface area (Å²) < 4.78 is 5.91. The number of aryl methyl sites for hydroxylation is 1. The van der Waals surface area contributed by atoms with Crippen molar-refractivity contribution in [1.82, 2.24) is 4.98 Å². The number of rotatable bonds is 1. The quantitative estimate of drug-likeness (QED) is 0.680. The lowest BCUT2D eigenvalue weighted by atomic mass is 9.84. The van der Waals surface area contributed by atoms with E-state index in [1.54, 1.807) is 12.1 Å². The molecule has 1 aliphatic carbocycles. The zero-order chi connectivity index (χ0) is 14.4. The van der Waals surface area contributed by atoms with Gasteiger partial charge in [-0.1, -0.05) is 35.9 Å². The van der Waals surface area contributed by atoms with Gasteiger partial charge in [0.15, 0.2) is 11.5 Å². The Balaban J connectivity index is 1.71. The third kappa shape index (κ3) is 2.18. The highest BCUT2D eigenvalue weighted by Gasteiger charge is 2.24. The topological polar surface area (TPSA) is 52.0 Å². The van der Waals surface area contributed by atoms with Crippen LogP contribution < -0.4 is 5.73 Å². The minimum Gasteiger partial charge on any atom is -0.440 e. The average molecular weight is 299 g/mol. The first-order valence-corrected chi connectivity index (χ1v) is 7.51. The summed E-state index contributed by atoms with van der Waals surface area (Å²) in [6.45, 7) is 0. The molecule has 0 radical (unpaired) electrons. The van der Waals surface area contributed by atoms with Gasteiger partial charge >= 0.3 is 0 Å². The van der Waals surface area contributed by atoms with Gasteiger partial charge in [-0.15, -0.1) is 0 Å². The highest BCUT2D eigenvalue weighted by Crippen LogP contribution is 2.35. The fraction of sp³-hybridized carbons (Fsp3) is 0.235. The van der Waals surface area contributed by atoms with Crippen molar-refractivity contribution in [3.8, 4) is 0 Å². The van der Waals surface area contributed by atoms with Gasteiger partial charge in [-0.2, -0.15) is 0 Å². The predicted molar refractivity (Wildman–Crippen MR) is 84.6 cm³/mol. The Morgan fingerprint density at radius 3 is 2.86 bits per heavy atom. The molecule has 0 aliphatic heterocycles. The Kier molecular flexibility index (Phi) is 2.89. The summed E-state index contributed by atoms with van der Waals surface area (Å²) in [4.78, 5) is 4.60. The molecule has 1 aromatic heterocycles. The van der Waals surface area contributed by atoms with Crippen molar-refractivity contribution in [2.24, 2.45) is 0 Å². The summed E-state index contributed by atoms with van der Waals surface area (Å²) in [7, 11) is 0. The van der Waals surface area contributed by atoms with Gasteiger partial charge < -0.3 is 10.2 Å².